The molecule has 2 N–H and O–H groups in total. The first-order valence-corrected chi connectivity index (χ1v) is 13.7. The minimum atomic E-state index is -0.213. The van der Waals surface area contributed by atoms with Crippen LogP contribution in [0.25, 0.3) is 32.6 Å². The summed E-state index contributed by atoms with van der Waals surface area (Å²) >= 11 is 1.63. The van der Waals surface area contributed by atoms with Crippen molar-refractivity contribution in [2.45, 2.75) is 38.8 Å². The van der Waals surface area contributed by atoms with Gasteiger partial charge in [0.25, 0.3) is 0 Å². The Labute approximate surface area is 225 Å². The summed E-state index contributed by atoms with van der Waals surface area (Å²) in [5.74, 6) is 2.22. The van der Waals surface area contributed by atoms with E-state index in [9.17, 15) is 5.11 Å². The zero-order valence-electron chi connectivity index (χ0n) is 21.4. The molecule has 0 aliphatic carbocycles. The molecule has 1 unspecified atom stereocenters. The number of hydrogen-bond acceptors (Lipinski definition) is 9. The van der Waals surface area contributed by atoms with Crippen LogP contribution >= 0.6 is 11.3 Å². The smallest absolute Gasteiger partial charge is 0.225 e. The van der Waals surface area contributed by atoms with Gasteiger partial charge in [0.2, 0.25) is 5.95 Å². The Bertz CT molecular complexity index is 1560. The van der Waals surface area contributed by atoms with Crippen LogP contribution in [-0.2, 0) is 0 Å². The van der Waals surface area contributed by atoms with Crippen LogP contribution < -0.4 is 10.2 Å². The van der Waals surface area contributed by atoms with E-state index in [4.69, 9.17) is 0 Å². The van der Waals surface area contributed by atoms with Gasteiger partial charge in [0.05, 0.1) is 27.5 Å². The maximum absolute atomic E-state index is 9.76. The molecule has 6 rings (SSSR count). The highest BCUT2D eigenvalue weighted by Crippen LogP contribution is 2.29. The lowest BCUT2D eigenvalue weighted by atomic mass is 10.0. The molecule has 4 heterocycles. The van der Waals surface area contributed by atoms with E-state index in [1.807, 2.05) is 37.0 Å². The summed E-state index contributed by atoms with van der Waals surface area (Å²) in [7, 11) is 0. The summed E-state index contributed by atoms with van der Waals surface area (Å²) in [5, 5.41) is 13.3. The third-order valence-corrected chi connectivity index (χ3v) is 7.73. The van der Waals surface area contributed by atoms with Gasteiger partial charge in [0, 0.05) is 48.7 Å². The molecule has 5 aromatic rings. The number of aliphatic hydroxyl groups is 1. The second kappa shape index (κ2) is 10.4. The third kappa shape index (κ3) is 5.20. The predicted octanol–water partition coefficient (Wildman–Crippen LogP) is 5.65. The van der Waals surface area contributed by atoms with Crippen molar-refractivity contribution in [1.29, 1.82) is 0 Å². The minimum absolute atomic E-state index is 0.0287. The second-order valence-corrected chi connectivity index (χ2v) is 10.6. The highest BCUT2D eigenvalue weighted by molar-refractivity contribution is 7.16. The van der Waals surface area contributed by atoms with Gasteiger partial charge in [-0.2, -0.15) is 0 Å². The van der Waals surface area contributed by atoms with Crippen LogP contribution in [0.2, 0.25) is 0 Å². The van der Waals surface area contributed by atoms with Crippen molar-refractivity contribution in [3.05, 3.63) is 77.8 Å². The van der Waals surface area contributed by atoms with Crippen molar-refractivity contribution in [3.63, 3.8) is 0 Å². The number of aromatic nitrogens is 5. The first kappa shape index (κ1) is 24.4. The molecule has 1 aliphatic heterocycles. The number of anilines is 2. The van der Waals surface area contributed by atoms with Crippen LogP contribution in [-0.4, -0.2) is 49.2 Å². The Balaban J connectivity index is 1.19. The fourth-order valence-electron chi connectivity index (χ4n) is 4.80. The number of fused-ring (bicyclic) bond motifs is 1. The van der Waals surface area contributed by atoms with Crippen molar-refractivity contribution in [3.8, 4) is 22.4 Å². The number of benzene rings is 2. The van der Waals surface area contributed by atoms with E-state index in [0.29, 0.717) is 0 Å². The van der Waals surface area contributed by atoms with E-state index in [1.54, 1.807) is 11.3 Å². The lowest BCUT2D eigenvalue weighted by Crippen LogP contribution is -2.36. The van der Waals surface area contributed by atoms with Gasteiger partial charge in [-0.3, -0.25) is 0 Å². The van der Waals surface area contributed by atoms with Gasteiger partial charge in [0.15, 0.2) is 0 Å². The molecule has 0 radical (unpaired) electrons. The SMILES string of the molecule is Cc1nc(NC(C)c2cccc(-c3cnc(N4CCC(O)CC4)nc3)c2)cc(-c2ccc3ncsc3c2)n1. The topological polar surface area (TPSA) is 100.0 Å². The summed E-state index contributed by atoms with van der Waals surface area (Å²) in [6.07, 6.45) is 5.06. The molecule has 0 saturated carbocycles. The molecule has 0 amide bonds. The van der Waals surface area contributed by atoms with Gasteiger partial charge in [0.1, 0.15) is 11.6 Å². The van der Waals surface area contributed by atoms with Crippen LogP contribution in [0.5, 0.6) is 0 Å². The van der Waals surface area contributed by atoms with Crippen LogP contribution in [0.1, 0.15) is 37.2 Å². The van der Waals surface area contributed by atoms with E-state index >= 15 is 0 Å². The van der Waals surface area contributed by atoms with Gasteiger partial charge in [-0.05, 0) is 56.0 Å². The molecule has 1 fully saturated rings. The number of hydrogen-bond donors (Lipinski definition) is 2. The average Bonchev–Trinajstić information content (AvgIpc) is 3.41. The Morgan fingerprint density at radius 1 is 0.947 bits per heavy atom. The highest BCUT2D eigenvalue weighted by Gasteiger charge is 2.19. The van der Waals surface area contributed by atoms with Gasteiger partial charge >= 0.3 is 0 Å². The highest BCUT2D eigenvalue weighted by atomic mass is 32.1. The van der Waals surface area contributed by atoms with Gasteiger partial charge in [-0.15, -0.1) is 11.3 Å². The summed E-state index contributed by atoms with van der Waals surface area (Å²) < 4.78 is 1.14. The molecule has 2 aromatic carbocycles. The maximum Gasteiger partial charge on any atom is 0.225 e. The monoisotopic (exact) mass is 523 g/mol. The van der Waals surface area contributed by atoms with Crippen LogP contribution in [0, 0.1) is 6.92 Å². The summed E-state index contributed by atoms with van der Waals surface area (Å²) in [5.41, 5.74) is 7.98. The molecular formula is C29H29N7OS. The Kier molecular flexibility index (Phi) is 6.70. The molecule has 0 spiro atoms. The van der Waals surface area contributed by atoms with Crippen LogP contribution in [0.3, 0.4) is 0 Å². The average molecular weight is 524 g/mol. The van der Waals surface area contributed by atoms with Crippen molar-refractivity contribution >= 4 is 33.3 Å². The van der Waals surface area contributed by atoms with Crippen molar-refractivity contribution in [2.75, 3.05) is 23.3 Å². The van der Waals surface area contributed by atoms with E-state index in [2.05, 4.69) is 78.5 Å². The van der Waals surface area contributed by atoms with E-state index in [-0.39, 0.29) is 12.1 Å². The predicted molar refractivity (Wildman–Crippen MR) is 152 cm³/mol. The van der Waals surface area contributed by atoms with Gasteiger partial charge < -0.3 is 15.3 Å². The van der Waals surface area contributed by atoms with Crippen molar-refractivity contribution in [2.24, 2.45) is 0 Å². The lowest BCUT2D eigenvalue weighted by Gasteiger charge is -2.29. The molecular weight excluding hydrogens is 494 g/mol. The van der Waals surface area contributed by atoms with Gasteiger partial charge in [-0.1, -0.05) is 24.3 Å². The quantitative estimate of drug-likeness (QED) is 0.294. The first-order valence-electron chi connectivity index (χ1n) is 12.8. The molecule has 8 nitrogen and oxygen atoms in total. The molecule has 0 bridgehead atoms. The summed E-state index contributed by atoms with van der Waals surface area (Å²) in [4.78, 5) is 25.0. The molecule has 1 aliphatic rings. The van der Waals surface area contributed by atoms with E-state index in [1.165, 1.54) is 0 Å². The van der Waals surface area contributed by atoms with Crippen LogP contribution in [0.15, 0.2) is 66.4 Å². The Morgan fingerprint density at radius 3 is 2.58 bits per heavy atom. The van der Waals surface area contributed by atoms with Crippen molar-refractivity contribution in [1.82, 2.24) is 24.9 Å². The Morgan fingerprint density at radius 2 is 1.76 bits per heavy atom. The standard InChI is InChI=1S/C29H29N7OS/c1-18(33-28-14-26(34-19(2)35-28)22-6-7-25-27(13-22)38-17-32-25)20-4-3-5-21(12-20)23-15-30-29(31-16-23)36-10-8-24(37)9-11-36/h3-7,12-18,24,37H,8-11H2,1-2H3,(H,33,34,35). The summed E-state index contributed by atoms with van der Waals surface area (Å²) in [6.45, 7) is 5.61. The van der Waals surface area contributed by atoms with Gasteiger partial charge in [-0.25, -0.2) is 24.9 Å². The van der Waals surface area contributed by atoms with Crippen molar-refractivity contribution < 1.29 is 5.11 Å². The number of rotatable bonds is 6. The van der Waals surface area contributed by atoms with Crippen LogP contribution in [0.4, 0.5) is 11.8 Å². The third-order valence-electron chi connectivity index (χ3n) is 6.93. The molecule has 38 heavy (non-hydrogen) atoms. The maximum atomic E-state index is 9.76. The lowest BCUT2D eigenvalue weighted by molar-refractivity contribution is 0.145. The van der Waals surface area contributed by atoms with E-state index < -0.39 is 0 Å². The minimum Gasteiger partial charge on any atom is -0.393 e. The number of thiazole rings is 1. The molecule has 1 atom stereocenters. The normalized spacial score (nSPS) is 15.1. The number of aryl methyl sites for hydroxylation is 1. The molecule has 9 heteroatoms. The zero-order chi connectivity index (χ0) is 26.1. The number of aliphatic hydroxyl groups excluding tert-OH is 1. The molecule has 3 aromatic heterocycles. The largest absolute Gasteiger partial charge is 0.393 e. The molecule has 1 saturated heterocycles. The fourth-order valence-corrected chi connectivity index (χ4v) is 5.51. The number of nitrogens with one attached hydrogen (secondary N) is 1. The second-order valence-electron chi connectivity index (χ2n) is 9.70. The van der Waals surface area contributed by atoms with E-state index in [0.717, 1.165) is 81.7 Å². The zero-order valence-corrected chi connectivity index (χ0v) is 22.2. The molecule has 192 valence electrons. The Hall–Kier alpha value is -3.95. The fraction of sp³-hybridized carbons (Fsp3) is 0.276. The number of piperidine rings is 1. The summed E-state index contributed by atoms with van der Waals surface area (Å²) in [6, 6.07) is 16.7. The first-order chi connectivity index (χ1) is 18.5. The number of nitrogens with zero attached hydrogens (tertiary/aromatic N) is 6.